The van der Waals surface area contributed by atoms with E-state index in [2.05, 4.69) is 0 Å². The number of methoxy groups -OCH3 is 1. The number of halogens is 3. The molecule has 0 heterocycles. The number of benzene rings is 2. The topological polar surface area (TPSA) is 9.23 Å². The Balaban J connectivity index is 2.61. The van der Waals surface area contributed by atoms with Crippen molar-refractivity contribution >= 4 is 0 Å². The molecule has 2 rings (SSSR count). The third-order valence-electron chi connectivity index (χ3n) is 3.16. The first-order valence-corrected chi connectivity index (χ1v) is 6.15. The SMILES string of the molecule is COc1ccc(C)c(-c2cc(C)cc(C(F)(F)F)c2)c1. The van der Waals surface area contributed by atoms with Crippen LogP contribution in [0.4, 0.5) is 13.2 Å². The first-order valence-electron chi connectivity index (χ1n) is 6.15. The van der Waals surface area contributed by atoms with Gasteiger partial charge in [0.2, 0.25) is 0 Å². The van der Waals surface area contributed by atoms with Gasteiger partial charge in [-0.05, 0) is 60.4 Å². The maximum atomic E-state index is 12.9. The van der Waals surface area contributed by atoms with Crippen LogP contribution in [0.15, 0.2) is 36.4 Å². The smallest absolute Gasteiger partial charge is 0.416 e. The van der Waals surface area contributed by atoms with E-state index in [9.17, 15) is 13.2 Å². The predicted molar refractivity (Wildman–Crippen MR) is 72.9 cm³/mol. The van der Waals surface area contributed by atoms with E-state index in [0.29, 0.717) is 16.9 Å². The van der Waals surface area contributed by atoms with Gasteiger partial charge < -0.3 is 4.74 Å². The second kappa shape index (κ2) is 5.19. The number of rotatable bonds is 2. The van der Waals surface area contributed by atoms with Gasteiger partial charge in [-0.2, -0.15) is 13.2 Å². The van der Waals surface area contributed by atoms with Crippen molar-refractivity contribution in [3.63, 3.8) is 0 Å². The van der Waals surface area contributed by atoms with Crippen LogP contribution in [0.2, 0.25) is 0 Å². The molecule has 0 aromatic heterocycles. The minimum atomic E-state index is -4.34. The highest BCUT2D eigenvalue weighted by Crippen LogP contribution is 2.35. The Morgan fingerprint density at radius 3 is 2.25 bits per heavy atom. The molecule has 0 bridgehead atoms. The molecule has 20 heavy (non-hydrogen) atoms. The van der Waals surface area contributed by atoms with Crippen molar-refractivity contribution in [2.45, 2.75) is 20.0 Å². The third-order valence-corrected chi connectivity index (χ3v) is 3.16. The highest BCUT2D eigenvalue weighted by Gasteiger charge is 2.31. The van der Waals surface area contributed by atoms with Crippen molar-refractivity contribution in [2.24, 2.45) is 0 Å². The zero-order chi connectivity index (χ0) is 14.9. The van der Waals surface area contributed by atoms with Gasteiger partial charge in [-0.1, -0.05) is 12.1 Å². The van der Waals surface area contributed by atoms with Gasteiger partial charge in [0, 0.05) is 0 Å². The first kappa shape index (κ1) is 14.4. The molecule has 0 amide bonds. The van der Waals surface area contributed by atoms with Crippen molar-refractivity contribution in [1.82, 2.24) is 0 Å². The van der Waals surface area contributed by atoms with Gasteiger partial charge in [0.1, 0.15) is 5.75 Å². The number of ether oxygens (including phenoxy) is 1. The molecule has 0 radical (unpaired) electrons. The molecule has 0 fully saturated rings. The van der Waals surface area contributed by atoms with Gasteiger partial charge in [0.25, 0.3) is 0 Å². The highest BCUT2D eigenvalue weighted by atomic mass is 19.4. The predicted octanol–water partition coefficient (Wildman–Crippen LogP) is 5.00. The lowest BCUT2D eigenvalue weighted by Gasteiger charge is -2.13. The van der Waals surface area contributed by atoms with Crippen LogP contribution in [-0.4, -0.2) is 7.11 Å². The normalized spacial score (nSPS) is 11.5. The van der Waals surface area contributed by atoms with Crippen LogP contribution in [0.5, 0.6) is 5.75 Å². The average molecular weight is 280 g/mol. The van der Waals surface area contributed by atoms with Crippen LogP contribution in [-0.2, 0) is 6.18 Å². The molecular formula is C16H15F3O. The zero-order valence-corrected chi connectivity index (χ0v) is 11.5. The maximum absolute atomic E-state index is 12.9. The summed E-state index contributed by atoms with van der Waals surface area (Å²) < 4.78 is 43.8. The molecule has 106 valence electrons. The largest absolute Gasteiger partial charge is 0.497 e. The van der Waals surface area contributed by atoms with E-state index in [4.69, 9.17) is 4.74 Å². The Bertz CT molecular complexity index is 630. The Morgan fingerprint density at radius 2 is 1.65 bits per heavy atom. The molecule has 0 unspecified atom stereocenters. The van der Waals surface area contributed by atoms with Crippen LogP contribution < -0.4 is 4.74 Å². The summed E-state index contributed by atoms with van der Waals surface area (Å²) in [5.41, 5.74) is 2.16. The maximum Gasteiger partial charge on any atom is 0.416 e. The molecule has 1 nitrogen and oxygen atoms in total. The number of aryl methyl sites for hydroxylation is 2. The van der Waals surface area contributed by atoms with E-state index in [-0.39, 0.29) is 0 Å². The third kappa shape index (κ3) is 2.95. The molecule has 0 aliphatic carbocycles. The Morgan fingerprint density at radius 1 is 0.950 bits per heavy atom. The lowest BCUT2D eigenvalue weighted by atomic mass is 9.96. The van der Waals surface area contributed by atoms with Crippen LogP contribution in [0.1, 0.15) is 16.7 Å². The zero-order valence-electron chi connectivity index (χ0n) is 11.5. The molecule has 0 saturated carbocycles. The van der Waals surface area contributed by atoms with Crippen LogP contribution >= 0.6 is 0 Å². The molecule has 4 heteroatoms. The summed E-state index contributed by atoms with van der Waals surface area (Å²) in [6, 6.07) is 9.46. The molecular weight excluding hydrogens is 265 g/mol. The monoisotopic (exact) mass is 280 g/mol. The van der Waals surface area contributed by atoms with Gasteiger partial charge in [0.05, 0.1) is 12.7 Å². The number of hydrogen-bond donors (Lipinski definition) is 0. The van der Waals surface area contributed by atoms with Gasteiger partial charge in [-0.15, -0.1) is 0 Å². The fourth-order valence-electron chi connectivity index (χ4n) is 2.14. The van der Waals surface area contributed by atoms with E-state index in [1.54, 1.807) is 25.1 Å². The number of hydrogen-bond acceptors (Lipinski definition) is 1. The molecule has 2 aromatic rings. The van der Waals surface area contributed by atoms with Crippen molar-refractivity contribution in [3.8, 4) is 16.9 Å². The van der Waals surface area contributed by atoms with Gasteiger partial charge >= 0.3 is 6.18 Å². The summed E-state index contributed by atoms with van der Waals surface area (Å²) in [5, 5.41) is 0. The van der Waals surface area contributed by atoms with Gasteiger partial charge in [-0.3, -0.25) is 0 Å². The quantitative estimate of drug-likeness (QED) is 0.752. The van der Waals surface area contributed by atoms with Crippen molar-refractivity contribution in [2.75, 3.05) is 7.11 Å². The lowest BCUT2D eigenvalue weighted by molar-refractivity contribution is -0.137. The molecule has 2 aromatic carbocycles. The van der Waals surface area contributed by atoms with Crippen LogP contribution in [0.3, 0.4) is 0 Å². The van der Waals surface area contributed by atoms with Crippen molar-refractivity contribution < 1.29 is 17.9 Å². The average Bonchev–Trinajstić information content (AvgIpc) is 2.37. The summed E-state index contributed by atoms with van der Waals surface area (Å²) in [6.07, 6.45) is -4.34. The van der Waals surface area contributed by atoms with Crippen molar-refractivity contribution in [1.29, 1.82) is 0 Å². The second-order valence-corrected chi connectivity index (χ2v) is 4.77. The summed E-state index contributed by atoms with van der Waals surface area (Å²) in [7, 11) is 1.53. The first-order chi connectivity index (χ1) is 9.31. The molecule has 0 aliphatic heterocycles. The van der Waals surface area contributed by atoms with E-state index in [1.807, 2.05) is 13.0 Å². The summed E-state index contributed by atoms with van der Waals surface area (Å²) in [4.78, 5) is 0. The fraction of sp³-hybridized carbons (Fsp3) is 0.250. The molecule has 0 N–H and O–H groups in total. The van der Waals surface area contributed by atoms with E-state index in [0.717, 1.165) is 17.2 Å². The highest BCUT2D eigenvalue weighted by molar-refractivity contribution is 5.70. The minimum absolute atomic E-state index is 0.550. The molecule has 0 saturated heterocycles. The number of alkyl halides is 3. The summed E-state index contributed by atoms with van der Waals surface area (Å²) >= 11 is 0. The Hall–Kier alpha value is -1.97. The van der Waals surface area contributed by atoms with Gasteiger partial charge in [-0.25, -0.2) is 0 Å². The standard InChI is InChI=1S/C16H15F3O/c1-10-6-12(8-13(7-10)16(17,18)19)15-9-14(20-3)5-4-11(15)2/h4-9H,1-3H3. The molecule has 0 atom stereocenters. The van der Waals surface area contributed by atoms with Crippen molar-refractivity contribution in [3.05, 3.63) is 53.1 Å². The van der Waals surface area contributed by atoms with Crippen LogP contribution in [0, 0.1) is 13.8 Å². The summed E-state index contributed by atoms with van der Waals surface area (Å²) in [6.45, 7) is 3.53. The Kier molecular flexibility index (Phi) is 3.75. The molecule has 0 aliphatic rings. The van der Waals surface area contributed by atoms with E-state index >= 15 is 0 Å². The molecule has 0 spiro atoms. The Labute approximate surface area is 116 Å². The van der Waals surface area contributed by atoms with Crippen LogP contribution in [0.25, 0.3) is 11.1 Å². The summed E-state index contributed by atoms with van der Waals surface area (Å²) in [5.74, 6) is 0.626. The second-order valence-electron chi connectivity index (χ2n) is 4.77. The lowest BCUT2D eigenvalue weighted by Crippen LogP contribution is -2.05. The van der Waals surface area contributed by atoms with Gasteiger partial charge in [0.15, 0.2) is 0 Å². The minimum Gasteiger partial charge on any atom is -0.497 e. The van der Waals surface area contributed by atoms with E-state index in [1.165, 1.54) is 13.2 Å². The van der Waals surface area contributed by atoms with E-state index < -0.39 is 11.7 Å². The fourth-order valence-corrected chi connectivity index (χ4v) is 2.14.